The summed E-state index contributed by atoms with van der Waals surface area (Å²) in [4.78, 5) is 39.4. The number of carbonyl (C=O) groups is 2. The van der Waals surface area contributed by atoms with Gasteiger partial charge in [-0.15, -0.1) is 0 Å². The van der Waals surface area contributed by atoms with Gasteiger partial charge in [0.15, 0.2) is 0 Å². The first-order valence-electron chi connectivity index (χ1n) is 11.0. The Morgan fingerprint density at radius 3 is 2.29 bits per heavy atom. The average Bonchev–Trinajstić information content (AvgIpc) is 2.88. The Labute approximate surface area is 207 Å². The molecule has 0 radical (unpaired) electrons. The Hall–Kier alpha value is -4.17. The lowest BCUT2D eigenvalue weighted by molar-refractivity contribution is -0.384. The number of rotatable bonds is 6. The van der Waals surface area contributed by atoms with Gasteiger partial charge in [-0.05, 0) is 48.0 Å². The minimum Gasteiger partial charge on any atom is -0.368 e. The molecule has 1 heterocycles. The highest BCUT2D eigenvalue weighted by Crippen LogP contribution is 2.26. The summed E-state index contributed by atoms with van der Waals surface area (Å²) in [5.41, 5.74) is 2.37. The summed E-state index contributed by atoms with van der Waals surface area (Å²) in [6, 6.07) is 21.0. The molecule has 1 aliphatic heterocycles. The van der Waals surface area contributed by atoms with Crippen molar-refractivity contribution in [2.45, 2.75) is 0 Å². The lowest BCUT2D eigenvalue weighted by Crippen LogP contribution is -2.48. The van der Waals surface area contributed by atoms with E-state index in [0.717, 1.165) is 17.3 Å². The molecule has 35 heavy (non-hydrogen) atoms. The molecule has 178 valence electrons. The minimum absolute atomic E-state index is 0.00556. The van der Waals surface area contributed by atoms with Crippen molar-refractivity contribution >= 4 is 46.6 Å². The number of nitro groups is 1. The summed E-state index contributed by atoms with van der Waals surface area (Å²) in [7, 11) is 0. The van der Waals surface area contributed by atoms with E-state index in [2.05, 4.69) is 10.2 Å². The first-order chi connectivity index (χ1) is 16.9. The highest BCUT2D eigenvalue weighted by Gasteiger charge is 2.20. The number of benzene rings is 3. The number of nitrogens with zero attached hydrogens (tertiary/aromatic N) is 3. The monoisotopic (exact) mass is 490 g/mol. The first kappa shape index (κ1) is 24.0. The van der Waals surface area contributed by atoms with E-state index in [-0.39, 0.29) is 22.2 Å². The molecule has 1 N–H and O–H groups in total. The maximum absolute atomic E-state index is 12.5. The Morgan fingerprint density at radius 2 is 1.63 bits per heavy atom. The number of hydrogen-bond acceptors (Lipinski definition) is 5. The largest absolute Gasteiger partial charge is 0.368 e. The van der Waals surface area contributed by atoms with Gasteiger partial charge in [0.1, 0.15) is 5.02 Å². The van der Waals surface area contributed by atoms with E-state index in [1.54, 1.807) is 18.2 Å². The van der Waals surface area contributed by atoms with Crippen molar-refractivity contribution in [1.29, 1.82) is 0 Å². The van der Waals surface area contributed by atoms with Crippen LogP contribution in [-0.2, 0) is 4.79 Å². The highest BCUT2D eigenvalue weighted by atomic mass is 35.5. The Kier molecular flexibility index (Phi) is 7.42. The quantitative estimate of drug-likeness (QED) is 0.302. The zero-order valence-electron chi connectivity index (χ0n) is 18.8. The van der Waals surface area contributed by atoms with Crippen LogP contribution in [0.2, 0.25) is 5.02 Å². The molecular weight excluding hydrogens is 468 g/mol. The molecule has 8 nitrogen and oxygen atoms in total. The molecule has 3 aromatic rings. The average molecular weight is 491 g/mol. The standard InChI is InChI=1S/C26H23ClN4O4/c27-23-12-7-20(18-24(23)31(34)35)26(33)28-21-8-10-22(11-9-21)29-14-16-30(17-15-29)25(32)13-6-19-4-2-1-3-5-19/h1-13,18H,14-17H2,(H,28,33)/b13-6+. The predicted molar refractivity (Wildman–Crippen MR) is 137 cm³/mol. The van der Waals surface area contributed by atoms with Crippen LogP contribution in [-0.4, -0.2) is 47.8 Å². The van der Waals surface area contributed by atoms with Crippen LogP contribution in [0.5, 0.6) is 0 Å². The van der Waals surface area contributed by atoms with E-state index >= 15 is 0 Å². The maximum Gasteiger partial charge on any atom is 0.288 e. The molecule has 9 heteroatoms. The van der Waals surface area contributed by atoms with Gasteiger partial charge in [-0.25, -0.2) is 0 Å². The van der Waals surface area contributed by atoms with Crippen molar-refractivity contribution in [3.8, 4) is 0 Å². The lowest BCUT2D eigenvalue weighted by atomic mass is 10.1. The number of halogens is 1. The summed E-state index contributed by atoms with van der Waals surface area (Å²) >= 11 is 5.81. The van der Waals surface area contributed by atoms with E-state index in [0.29, 0.717) is 31.9 Å². The van der Waals surface area contributed by atoms with Gasteiger partial charge in [-0.1, -0.05) is 41.9 Å². The fraction of sp³-hybridized carbons (Fsp3) is 0.154. The molecule has 0 unspecified atom stereocenters. The van der Waals surface area contributed by atoms with Gasteiger partial charge < -0.3 is 15.1 Å². The number of nitro benzene ring substituents is 1. The number of anilines is 2. The van der Waals surface area contributed by atoms with Crippen molar-refractivity contribution < 1.29 is 14.5 Å². The van der Waals surface area contributed by atoms with Gasteiger partial charge in [-0.3, -0.25) is 19.7 Å². The molecule has 0 aromatic heterocycles. The summed E-state index contributed by atoms with van der Waals surface area (Å²) in [6.07, 6.45) is 3.43. The summed E-state index contributed by atoms with van der Waals surface area (Å²) < 4.78 is 0. The molecule has 3 aromatic carbocycles. The maximum atomic E-state index is 12.5. The molecule has 1 aliphatic rings. The van der Waals surface area contributed by atoms with Gasteiger partial charge >= 0.3 is 0 Å². The van der Waals surface area contributed by atoms with E-state index in [1.807, 2.05) is 53.4 Å². The Bertz CT molecular complexity index is 1250. The molecule has 1 saturated heterocycles. The van der Waals surface area contributed by atoms with Crippen molar-refractivity contribution in [2.24, 2.45) is 0 Å². The van der Waals surface area contributed by atoms with Crippen LogP contribution in [0.3, 0.4) is 0 Å². The van der Waals surface area contributed by atoms with Crippen LogP contribution in [0, 0.1) is 10.1 Å². The van der Waals surface area contributed by atoms with Crippen LogP contribution < -0.4 is 10.2 Å². The molecule has 0 aliphatic carbocycles. The van der Waals surface area contributed by atoms with Crippen molar-refractivity contribution in [1.82, 2.24) is 4.90 Å². The third-order valence-corrected chi connectivity index (χ3v) is 6.02. The second-order valence-corrected chi connectivity index (χ2v) is 8.39. The predicted octanol–water partition coefficient (Wildman–Crippen LogP) is 4.86. The molecule has 0 spiro atoms. The zero-order valence-corrected chi connectivity index (χ0v) is 19.5. The summed E-state index contributed by atoms with van der Waals surface area (Å²) in [5, 5.41) is 13.8. The van der Waals surface area contributed by atoms with E-state index in [9.17, 15) is 19.7 Å². The second-order valence-electron chi connectivity index (χ2n) is 7.98. The number of amides is 2. The molecule has 2 amide bonds. The van der Waals surface area contributed by atoms with E-state index in [1.165, 1.54) is 12.1 Å². The van der Waals surface area contributed by atoms with Gasteiger partial charge in [0.25, 0.3) is 11.6 Å². The van der Waals surface area contributed by atoms with Gasteiger partial charge in [-0.2, -0.15) is 0 Å². The SMILES string of the molecule is O=C(Nc1ccc(N2CCN(C(=O)/C=C/c3ccccc3)CC2)cc1)c1ccc(Cl)c([N+](=O)[O-])c1. The van der Waals surface area contributed by atoms with Crippen LogP contribution in [0.4, 0.5) is 17.1 Å². The number of piperazine rings is 1. The smallest absolute Gasteiger partial charge is 0.288 e. The van der Waals surface area contributed by atoms with Crippen LogP contribution in [0.1, 0.15) is 15.9 Å². The molecule has 0 atom stereocenters. The second kappa shape index (κ2) is 10.8. The molecular formula is C26H23ClN4O4. The van der Waals surface area contributed by atoms with Crippen molar-refractivity contribution in [2.75, 3.05) is 36.4 Å². The highest BCUT2D eigenvalue weighted by molar-refractivity contribution is 6.32. The summed E-state index contributed by atoms with van der Waals surface area (Å²) in [6.45, 7) is 2.63. The van der Waals surface area contributed by atoms with Crippen LogP contribution >= 0.6 is 11.6 Å². The fourth-order valence-corrected chi connectivity index (χ4v) is 3.96. The minimum atomic E-state index is -0.624. The van der Waals surface area contributed by atoms with Crippen LogP contribution in [0.25, 0.3) is 6.08 Å². The van der Waals surface area contributed by atoms with Gasteiger partial charge in [0.05, 0.1) is 4.92 Å². The fourth-order valence-electron chi connectivity index (χ4n) is 3.77. The molecule has 0 saturated carbocycles. The molecule has 4 rings (SSSR count). The van der Waals surface area contributed by atoms with Crippen molar-refractivity contribution in [3.05, 3.63) is 105 Å². The van der Waals surface area contributed by atoms with Gasteiger partial charge in [0.2, 0.25) is 5.91 Å². The normalized spacial score (nSPS) is 13.6. The third-order valence-electron chi connectivity index (χ3n) is 5.70. The zero-order chi connectivity index (χ0) is 24.8. The van der Waals surface area contributed by atoms with Gasteiger partial charge in [0, 0.05) is 55.3 Å². The Balaban J connectivity index is 1.31. The van der Waals surface area contributed by atoms with Crippen molar-refractivity contribution in [3.63, 3.8) is 0 Å². The van der Waals surface area contributed by atoms with E-state index < -0.39 is 10.8 Å². The third kappa shape index (κ3) is 6.04. The summed E-state index contributed by atoms with van der Waals surface area (Å²) in [5.74, 6) is -0.470. The number of hydrogen-bond donors (Lipinski definition) is 1. The lowest BCUT2D eigenvalue weighted by Gasteiger charge is -2.35. The topological polar surface area (TPSA) is 95.8 Å². The number of nitrogens with one attached hydrogen (secondary N) is 1. The van der Waals surface area contributed by atoms with Crippen LogP contribution in [0.15, 0.2) is 78.9 Å². The molecule has 0 bridgehead atoms. The number of carbonyl (C=O) groups excluding carboxylic acids is 2. The Morgan fingerprint density at radius 1 is 0.943 bits per heavy atom. The first-order valence-corrected chi connectivity index (χ1v) is 11.4. The van der Waals surface area contributed by atoms with E-state index in [4.69, 9.17) is 11.6 Å². The molecule has 1 fully saturated rings.